The van der Waals surface area contributed by atoms with Crippen LogP contribution in [0.3, 0.4) is 0 Å². The number of hydrogen-bond donors (Lipinski definition) is 2. The van der Waals surface area contributed by atoms with E-state index in [0.717, 1.165) is 27.8 Å². The van der Waals surface area contributed by atoms with E-state index < -0.39 is 17.2 Å². The average Bonchev–Trinajstić information content (AvgIpc) is 2.71. The van der Waals surface area contributed by atoms with Crippen LogP contribution in [0.5, 0.6) is 5.75 Å². The number of carbonyl (C=O) groups excluding carboxylic acids is 1. The molecule has 1 aliphatic carbocycles. The molecule has 21 heavy (non-hydrogen) atoms. The minimum Gasteiger partial charge on any atom is -0.480 e. The second-order valence-corrected chi connectivity index (χ2v) is 6.45. The fourth-order valence-corrected chi connectivity index (χ4v) is 3.68. The molecule has 3 rings (SSSR count). The molecule has 0 spiro atoms. The zero-order chi connectivity index (χ0) is 15.7. The van der Waals surface area contributed by atoms with Crippen LogP contribution in [0, 0.1) is 20.8 Å². The van der Waals surface area contributed by atoms with Gasteiger partial charge in [0.1, 0.15) is 5.75 Å². The van der Waals surface area contributed by atoms with E-state index in [-0.39, 0.29) is 5.92 Å². The van der Waals surface area contributed by atoms with Crippen LogP contribution in [0.2, 0.25) is 0 Å². The van der Waals surface area contributed by atoms with E-state index in [1.807, 2.05) is 27.7 Å². The molecule has 0 radical (unpaired) electrons. The van der Waals surface area contributed by atoms with Gasteiger partial charge in [-0.1, -0.05) is 11.6 Å². The van der Waals surface area contributed by atoms with Crippen molar-refractivity contribution in [2.24, 2.45) is 0 Å². The Labute approximate surface area is 124 Å². The topological polar surface area (TPSA) is 66.8 Å². The molecule has 2 N–H and O–H groups in total. The highest BCUT2D eigenvalue weighted by atomic mass is 16.6. The number of ketones is 1. The molecule has 0 bridgehead atoms. The molecular weight excluding hydrogens is 268 g/mol. The summed E-state index contributed by atoms with van der Waals surface area (Å²) in [5, 5.41) is 20.7. The van der Waals surface area contributed by atoms with Crippen molar-refractivity contribution in [3.05, 3.63) is 40.0 Å². The van der Waals surface area contributed by atoms with E-state index in [2.05, 4.69) is 6.07 Å². The third-order valence-corrected chi connectivity index (χ3v) is 5.04. The zero-order valence-corrected chi connectivity index (χ0v) is 12.9. The minimum atomic E-state index is -2.52. The lowest BCUT2D eigenvalue weighted by atomic mass is 9.69. The summed E-state index contributed by atoms with van der Waals surface area (Å²) in [4.78, 5) is 12.0. The van der Waals surface area contributed by atoms with Gasteiger partial charge in [0.05, 0.1) is 5.92 Å². The standard InChI is InChI=1S/C17H20O4/c1-8-6-9(2)13-14-10(3)7-12(18)17(19,20)16(14,5)21-15(13)11(8)4/h6-7,14,19-20H,1-5H3/t14-,16?/m1/s1. The van der Waals surface area contributed by atoms with Crippen molar-refractivity contribution in [1.82, 2.24) is 0 Å². The van der Waals surface area contributed by atoms with E-state index in [1.165, 1.54) is 6.08 Å². The van der Waals surface area contributed by atoms with Gasteiger partial charge in [-0.25, -0.2) is 0 Å². The molecular formula is C17H20O4. The first-order valence-electron chi connectivity index (χ1n) is 7.08. The fourth-order valence-electron chi connectivity index (χ4n) is 3.68. The molecule has 4 heteroatoms. The van der Waals surface area contributed by atoms with Gasteiger partial charge in [0.25, 0.3) is 5.79 Å². The number of benzene rings is 1. The van der Waals surface area contributed by atoms with E-state index in [0.29, 0.717) is 5.75 Å². The maximum Gasteiger partial charge on any atom is 0.270 e. The quantitative estimate of drug-likeness (QED) is 0.717. The van der Waals surface area contributed by atoms with Gasteiger partial charge in [-0.15, -0.1) is 0 Å². The van der Waals surface area contributed by atoms with Crippen LogP contribution in [0.1, 0.15) is 42.0 Å². The Morgan fingerprint density at radius 3 is 2.38 bits per heavy atom. The molecule has 0 aromatic heterocycles. The van der Waals surface area contributed by atoms with Gasteiger partial charge in [0.2, 0.25) is 5.78 Å². The molecule has 0 amide bonds. The molecule has 2 aliphatic rings. The summed E-state index contributed by atoms with van der Waals surface area (Å²) in [6, 6.07) is 2.07. The van der Waals surface area contributed by atoms with Gasteiger partial charge in [0, 0.05) is 5.56 Å². The number of aryl methyl sites for hydroxylation is 2. The lowest BCUT2D eigenvalue weighted by Gasteiger charge is -2.43. The molecule has 0 fully saturated rings. The number of fused-ring (bicyclic) bond motifs is 3. The summed E-state index contributed by atoms with van der Waals surface area (Å²) < 4.78 is 5.99. The van der Waals surface area contributed by atoms with Gasteiger partial charge in [-0.3, -0.25) is 4.79 Å². The predicted octanol–water partition coefficient (Wildman–Crippen LogP) is 2.06. The predicted molar refractivity (Wildman–Crippen MR) is 78.4 cm³/mol. The highest BCUT2D eigenvalue weighted by Gasteiger charge is 2.64. The van der Waals surface area contributed by atoms with Crippen molar-refractivity contribution in [2.45, 2.75) is 51.9 Å². The summed E-state index contributed by atoms with van der Waals surface area (Å²) in [5.41, 5.74) is 3.46. The van der Waals surface area contributed by atoms with Crippen molar-refractivity contribution >= 4 is 5.78 Å². The Balaban J connectivity index is 2.34. The number of aliphatic hydroxyl groups is 2. The van der Waals surface area contributed by atoms with Gasteiger partial charge in [-0.05, 0) is 57.4 Å². The van der Waals surface area contributed by atoms with Crippen molar-refractivity contribution in [3.8, 4) is 5.75 Å². The Bertz CT molecular complexity index is 699. The molecule has 1 aromatic rings. The molecule has 1 aromatic carbocycles. The highest BCUT2D eigenvalue weighted by molar-refractivity contribution is 5.99. The normalized spacial score (nSPS) is 29.6. The third-order valence-electron chi connectivity index (χ3n) is 5.04. The monoisotopic (exact) mass is 288 g/mol. The molecule has 112 valence electrons. The van der Waals surface area contributed by atoms with Gasteiger partial charge in [0.15, 0.2) is 5.60 Å². The summed E-state index contributed by atoms with van der Waals surface area (Å²) in [6.45, 7) is 9.37. The summed E-state index contributed by atoms with van der Waals surface area (Å²) in [6.07, 6.45) is 1.32. The van der Waals surface area contributed by atoms with Crippen LogP contribution in [0.25, 0.3) is 0 Å². The largest absolute Gasteiger partial charge is 0.480 e. The highest BCUT2D eigenvalue weighted by Crippen LogP contribution is 2.56. The van der Waals surface area contributed by atoms with Crippen molar-refractivity contribution in [2.75, 3.05) is 0 Å². The third kappa shape index (κ3) is 1.54. The Morgan fingerprint density at radius 1 is 1.14 bits per heavy atom. The lowest BCUT2D eigenvalue weighted by Crippen LogP contribution is -2.63. The summed E-state index contributed by atoms with van der Waals surface area (Å²) in [5.74, 6) is -2.91. The fraction of sp³-hybridized carbons (Fsp3) is 0.471. The van der Waals surface area contributed by atoms with Crippen LogP contribution < -0.4 is 4.74 Å². The summed E-state index contributed by atoms with van der Waals surface area (Å²) in [7, 11) is 0. The van der Waals surface area contributed by atoms with E-state index in [9.17, 15) is 15.0 Å². The molecule has 1 aliphatic heterocycles. The molecule has 2 atom stereocenters. The van der Waals surface area contributed by atoms with Gasteiger partial charge < -0.3 is 14.9 Å². The Hall–Kier alpha value is -1.65. The van der Waals surface area contributed by atoms with Crippen LogP contribution in [0.15, 0.2) is 17.7 Å². The van der Waals surface area contributed by atoms with E-state index in [1.54, 1.807) is 6.92 Å². The SMILES string of the molecule is CC1=CC(=O)C(O)(O)C2(C)Oc3c(C)c(C)cc(C)c3[C@@H]12. The first kappa shape index (κ1) is 14.3. The van der Waals surface area contributed by atoms with Gasteiger partial charge in [-0.2, -0.15) is 0 Å². The molecule has 0 saturated heterocycles. The second kappa shape index (κ2) is 3.96. The maximum absolute atomic E-state index is 12.0. The molecule has 1 unspecified atom stereocenters. The number of hydrogen-bond acceptors (Lipinski definition) is 4. The van der Waals surface area contributed by atoms with Crippen LogP contribution in [-0.2, 0) is 4.79 Å². The molecule has 0 saturated carbocycles. The minimum absolute atomic E-state index is 0.334. The summed E-state index contributed by atoms with van der Waals surface area (Å²) >= 11 is 0. The van der Waals surface area contributed by atoms with Crippen LogP contribution in [-0.4, -0.2) is 27.4 Å². The number of ether oxygens (including phenoxy) is 1. The maximum atomic E-state index is 12.0. The van der Waals surface area contributed by atoms with E-state index >= 15 is 0 Å². The van der Waals surface area contributed by atoms with Crippen LogP contribution >= 0.6 is 0 Å². The first-order valence-corrected chi connectivity index (χ1v) is 7.08. The van der Waals surface area contributed by atoms with E-state index in [4.69, 9.17) is 4.74 Å². The lowest BCUT2D eigenvalue weighted by molar-refractivity contribution is -0.243. The second-order valence-electron chi connectivity index (χ2n) is 6.45. The van der Waals surface area contributed by atoms with Crippen molar-refractivity contribution in [3.63, 3.8) is 0 Å². The smallest absolute Gasteiger partial charge is 0.270 e. The zero-order valence-electron chi connectivity index (χ0n) is 12.9. The van der Waals surface area contributed by atoms with Crippen molar-refractivity contribution < 1.29 is 19.7 Å². The van der Waals surface area contributed by atoms with Gasteiger partial charge >= 0.3 is 0 Å². The molecule has 1 heterocycles. The van der Waals surface area contributed by atoms with Crippen LogP contribution in [0.4, 0.5) is 0 Å². The Kier molecular flexibility index (Phi) is 2.70. The number of carbonyl (C=O) groups is 1. The first-order chi connectivity index (χ1) is 9.61. The molecule has 4 nitrogen and oxygen atoms in total. The van der Waals surface area contributed by atoms with Crippen molar-refractivity contribution in [1.29, 1.82) is 0 Å². The Morgan fingerprint density at radius 2 is 1.76 bits per heavy atom. The number of rotatable bonds is 0. The average molecular weight is 288 g/mol.